The minimum Gasteiger partial charge on any atom is -0.409 e. The van der Waals surface area contributed by atoms with Gasteiger partial charge in [-0.05, 0) is 25.0 Å². The zero-order chi connectivity index (χ0) is 14.0. The van der Waals surface area contributed by atoms with E-state index in [9.17, 15) is 4.79 Å². The van der Waals surface area contributed by atoms with Crippen LogP contribution in [-0.2, 0) is 4.79 Å². The van der Waals surface area contributed by atoms with Gasteiger partial charge in [-0.25, -0.2) is 0 Å². The van der Waals surface area contributed by atoms with Gasteiger partial charge in [0.1, 0.15) is 5.41 Å². The molecule has 1 aliphatic carbocycles. The van der Waals surface area contributed by atoms with Crippen molar-refractivity contribution in [2.45, 2.75) is 12.8 Å². The van der Waals surface area contributed by atoms with Gasteiger partial charge in [0.2, 0.25) is 5.91 Å². The summed E-state index contributed by atoms with van der Waals surface area (Å²) in [6, 6.07) is 7.50. The van der Waals surface area contributed by atoms with E-state index in [0.717, 1.165) is 11.4 Å². The van der Waals surface area contributed by atoms with Crippen molar-refractivity contribution in [3.8, 4) is 0 Å². The Kier molecular flexibility index (Phi) is 3.33. The largest absolute Gasteiger partial charge is 0.409 e. The van der Waals surface area contributed by atoms with Gasteiger partial charge in [-0.1, -0.05) is 17.3 Å². The molecule has 1 fully saturated rings. The predicted molar refractivity (Wildman–Crippen MR) is 74.5 cm³/mol. The molecule has 0 aromatic heterocycles. The third kappa shape index (κ3) is 2.33. The van der Waals surface area contributed by atoms with Crippen LogP contribution in [0.1, 0.15) is 12.8 Å². The van der Waals surface area contributed by atoms with Gasteiger partial charge in [0.15, 0.2) is 5.84 Å². The monoisotopic (exact) mass is 262 g/mol. The maximum Gasteiger partial charge on any atom is 0.238 e. The van der Waals surface area contributed by atoms with Crippen molar-refractivity contribution in [2.75, 3.05) is 24.3 Å². The molecule has 0 saturated heterocycles. The lowest BCUT2D eigenvalue weighted by molar-refractivity contribution is -0.119. The van der Waals surface area contributed by atoms with Gasteiger partial charge in [0.25, 0.3) is 0 Å². The van der Waals surface area contributed by atoms with E-state index >= 15 is 0 Å². The SMILES string of the molecule is CN(C)c1ccccc1NC(=O)C1(/C(N)=N/O)CC1. The van der Waals surface area contributed by atoms with Gasteiger partial charge >= 0.3 is 0 Å². The molecule has 1 aliphatic rings. The molecule has 0 spiro atoms. The third-order valence-corrected chi connectivity index (χ3v) is 3.42. The maximum atomic E-state index is 12.3. The van der Waals surface area contributed by atoms with E-state index in [-0.39, 0.29) is 11.7 Å². The van der Waals surface area contributed by atoms with Crippen molar-refractivity contribution in [1.82, 2.24) is 0 Å². The van der Waals surface area contributed by atoms with E-state index in [1.165, 1.54) is 0 Å². The number of amidine groups is 1. The Bertz CT molecular complexity index is 521. The van der Waals surface area contributed by atoms with Crippen molar-refractivity contribution < 1.29 is 10.0 Å². The average Bonchev–Trinajstić information content (AvgIpc) is 3.19. The Morgan fingerprint density at radius 3 is 2.58 bits per heavy atom. The maximum absolute atomic E-state index is 12.3. The molecular formula is C13H18N4O2. The predicted octanol–water partition coefficient (Wildman–Crippen LogP) is 1.22. The van der Waals surface area contributed by atoms with Crippen molar-refractivity contribution in [1.29, 1.82) is 0 Å². The molecule has 1 aromatic carbocycles. The third-order valence-electron chi connectivity index (χ3n) is 3.42. The molecule has 0 unspecified atom stereocenters. The van der Waals surface area contributed by atoms with E-state index < -0.39 is 5.41 Å². The molecule has 19 heavy (non-hydrogen) atoms. The summed E-state index contributed by atoms with van der Waals surface area (Å²) in [5.74, 6) is -0.246. The second-order valence-corrected chi connectivity index (χ2v) is 4.93. The first-order chi connectivity index (χ1) is 9.01. The molecule has 0 heterocycles. The van der Waals surface area contributed by atoms with Crippen LogP contribution >= 0.6 is 0 Å². The number of nitrogens with zero attached hydrogens (tertiary/aromatic N) is 2. The minimum absolute atomic E-state index is 0.0210. The molecule has 6 heteroatoms. The zero-order valence-electron chi connectivity index (χ0n) is 11.1. The number of amides is 1. The first-order valence-electron chi connectivity index (χ1n) is 6.07. The number of nitrogens with two attached hydrogens (primary N) is 1. The van der Waals surface area contributed by atoms with E-state index in [0.29, 0.717) is 12.8 Å². The number of anilines is 2. The number of benzene rings is 1. The van der Waals surface area contributed by atoms with Crippen molar-refractivity contribution >= 4 is 23.1 Å². The van der Waals surface area contributed by atoms with Gasteiger partial charge in [-0.2, -0.15) is 0 Å². The highest BCUT2D eigenvalue weighted by atomic mass is 16.4. The van der Waals surface area contributed by atoms with E-state index in [4.69, 9.17) is 10.9 Å². The number of hydrogen-bond acceptors (Lipinski definition) is 4. The summed E-state index contributed by atoms with van der Waals surface area (Å²) in [5, 5.41) is 14.6. The topological polar surface area (TPSA) is 91.0 Å². The standard InChI is InChI=1S/C13H18N4O2/c1-17(2)10-6-4-3-5-9(10)15-12(18)13(7-8-13)11(14)16-19/h3-6,19H,7-8H2,1-2H3,(H2,14,16)(H,15,18). The molecule has 4 N–H and O–H groups in total. The van der Waals surface area contributed by atoms with Crippen LogP contribution < -0.4 is 16.0 Å². The van der Waals surface area contributed by atoms with Gasteiger partial charge in [-0.15, -0.1) is 0 Å². The Morgan fingerprint density at radius 1 is 1.42 bits per heavy atom. The molecule has 102 valence electrons. The van der Waals surface area contributed by atoms with Gasteiger partial charge in [-0.3, -0.25) is 4.79 Å². The summed E-state index contributed by atoms with van der Waals surface area (Å²) >= 11 is 0. The van der Waals surface area contributed by atoms with Crippen LogP contribution in [0.15, 0.2) is 29.4 Å². The molecule has 2 rings (SSSR count). The number of para-hydroxylation sites is 2. The Balaban J connectivity index is 2.21. The lowest BCUT2D eigenvalue weighted by Gasteiger charge is -2.20. The molecule has 6 nitrogen and oxygen atoms in total. The van der Waals surface area contributed by atoms with E-state index in [1.807, 2.05) is 43.3 Å². The van der Waals surface area contributed by atoms with Crippen LogP contribution in [0.4, 0.5) is 11.4 Å². The molecule has 0 radical (unpaired) electrons. The molecule has 1 amide bonds. The Hall–Kier alpha value is -2.24. The number of rotatable bonds is 4. The lowest BCUT2D eigenvalue weighted by Crippen LogP contribution is -2.36. The Labute approximate surface area is 111 Å². The first-order valence-corrected chi connectivity index (χ1v) is 6.07. The zero-order valence-corrected chi connectivity index (χ0v) is 11.1. The first kappa shape index (κ1) is 13.2. The van der Waals surface area contributed by atoms with Crippen molar-refractivity contribution in [2.24, 2.45) is 16.3 Å². The second-order valence-electron chi connectivity index (χ2n) is 4.93. The molecule has 1 saturated carbocycles. The molecule has 0 bridgehead atoms. The van der Waals surface area contributed by atoms with Crippen LogP contribution in [-0.4, -0.2) is 31.0 Å². The van der Waals surface area contributed by atoms with Crippen LogP contribution in [0.2, 0.25) is 0 Å². The molecule has 1 aromatic rings. The van der Waals surface area contributed by atoms with Gasteiger partial charge in [0, 0.05) is 14.1 Å². The fourth-order valence-corrected chi connectivity index (χ4v) is 2.03. The highest BCUT2D eigenvalue weighted by Crippen LogP contribution is 2.47. The van der Waals surface area contributed by atoms with Crippen molar-refractivity contribution in [3.63, 3.8) is 0 Å². The summed E-state index contributed by atoms with van der Waals surface area (Å²) in [6.07, 6.45) is 1.22. The summed E-state index contributed by atoms with van der Waals surface area (Å²) in [4.78, 5) is 14.2. The van der Waals surface area contributed by atoms with E-state index in [2.05, 4.69) is 10.5 Å². The smallest absolute Gasteiger partial charge is 0.238 e. The number of carbonyl (C=O) groups is 1. The average molecular weight is 262 g/mol. The number of oxime groups is 1. The highest BCUT2D eigenvalue weighted by Gasteiger charge is 2.54. The summed E-state index contributed by atoms with van der Waals surface area (Å²) in [7, 11) is 3.81. The fraction of sp³-hybridized carbons (Fsp3) is 0.385. The summed E-state index contributed by atoms with van der Waals surface area (Å²) < 4.78 is 0. The summed E-state index contributed by atoms with van der Waals surface area (Å²) in [6.45, 7) is 0. The molecular weight excluding hydrogens is 244 g/mol. The van der Waals surface area contributed by atoms with Crippen LogP contribution in [0.5, 0.6) is 0 Å². The minimum atomic E-state index is -0.839. The number of hydrogen-bond donors (Lipinski definition) is 3. The van der Waals surface area contributed by atoms with E-state index in [1.54, 1.807) is 0 Å². The second kappa shape index (κ2) is 4.79. The quantitative estimate of drug-likeness (QED) is 0.329. The summed E-state index contributed by atoms with van der Waals surface area (Å²) in [5.41, 5.74) is 6.38. The number of nitrogens with one attached hydrogen (secondary N) is 1. The highest BCUT2D eigenvalue weighted by molar-refractivity contribution is 6.14. The van der Waals surface area contributed by atoms with Crippen LogP contribution in [0.3, 0.4) is 0 Å². The number of carbonyl (C=O) groups excluding carboxylic acids is 1. The van der Waals surface area contributed by atoms with Crippen LogP contribution in [0, 0.1) is 5.41 Å². The van der Waals surface area contributed by atoms with Gasteiger partial charge in [0.05, 0.1) is 11.4 Å². The van der Waals surface area contributed by atoms with Gasteiger partial charge < -0.3 is 21.2 Å². The molecule has 0 atom stereocenters. The molecule has 0 aliphatic heterocycles. The van der Waals surface area contributed by atoms with Crippen molar-refractivity contribution in [3.05, 3.63) is 24.3 Å². The Morgan fingerprint density at radius 2 is 2.05 bits per heavy atom. The van der Waals surface area contributed by atoms with Crippen LogP contribution in [0.25, 0.3) is 0 Å². The lowest BCUT2D eigenvalue weighted by atomic mass is 10.0. The normalized spacial score (nSPS) is 16.8. The fourth-order valence-electron chi connectivity index (χ4n) is 2.03.